The largest absolute Gasteiger partial charge is 0.464 e. The standard InChI is InChI=1S/C26H28N4O3S/c1-3-4-14-27-26(34)29-21(15-17-10-6-5-7-11-17)24-30-22(25(31)32-2)23(33-24)19-16-28-20-13-9-8-12-18(19)20/h5-13,16,21,28H,3-4,14-15H2,1-2H3,(H2,27,29,34)/t21-/m0/s1. The van der Waals surface area contributed by atoms with Gasteiger partial charge in [-0.3, -0.25) is 0 Å². The molecule has 2 aromatic heterocycles. The van der Waals surface area contributed by atoms with Crippen LogP contribution in [0.15, 0.2) is 65.2 Å². The van der Waals surface area contributed by atoms with Gasteiger partial charge in [-0.25, -0.2) is 9.78 Å². The molecule has 4 aromatic rings. The molecule has 176 valence electrons. The Hall–Kier alpha value is -3.65. The second-order valence-electron chi connectivity index (χ2n) is 7.97. The number of rotatable bonds is 9. The second-order valence-corrected chi connectivity index (χ2v) is 8.37. The van der Waals surface area contributed by atoms with Crippen molar-refractivity contribution in [1.82, 2.24) is 20.6 Å². The lowest BCUT2D eigenvalue weighted by Gasteiger charge is -2.18. The average Bonchev–Trinajstić information content (AvgIpc) is 3.48. The van der Waals surface area contributed by atoms with Crippen molar-refractivity contribution in [2.75, 3.05) is 13.7 Å². The number of fused-ring (bicyclic) bond motifs is 1. The zero-order valence-electron chi connectivity index (χ0n) is 19.3. The van der Waals surface area contributed by atoms with E-state index >= 15 is 0 Å². The Labute approximate surface area is 203 Å². The van der Waals surface area contributed by atoms with E-state index < -0.39 is 5.97 Å². The summed E-state index contributed by atoms with van der Waals surface area (Å²) in [7, 11) is 1.34. The van der Waals surface area contributed by atoms with E-state index in [4.69, 9.17) is 21.4 Å². The Morgan fingerprint density at radius 2 is 1.94 bits per heavy atom. The Bertz CT molecular complexity index is 1270. The van der Waals surface area contributed by atoms with Gasteiger partial charge in [0.15, 0.2) is 16.6 Å². The minimum absolute atomic E-state index is 0.131. The fraction of sp³-hybridized carbons (Fsp3) is 0.269. The van der Waals surface area contributed by atoms with E-state index in [-0.39, 0.29) is 11.7 Å². The number of unbranched alkanes of at least 4 members (excludes halogenated alkanes) is 1. The van der Waals surface area contributed by atoms with Crippen molar-refractivity contribution in [3.8, 4) is 11.3 Å². The minimum Gasteiger partial charge on any atom is -0.464 e. The molecular formula is C26H28N4O3S. The molecule has 0 aliphatic carbocycles. The SMILES string of the molecule is CCCCNC(=S)N[C@@H](Cc1ccccc1)c1nc(C(=O)OC)c(-c2c[nH]c3ccccc23)o1. The van der Waals surface area contributed by atoms with Gasteiger partial charge in [-0.1, -0.05) is 61.9 Å². The number of esters is 1. The molecule has 7 nitrogen and oxygen atoms in total. The lowest BCUT2D eigenvalue weighted by atomic mass is 10.1. The van der Waals surface area contributed by atoms with Crippen molar-refractivity contribution < 1.29 is 13.9 Å². The highest BCUT2D eigenvalue weighted by Crippen LogP contribution is 2.34. The number of benzene rings is 2. The summed E-state index contributed by atoms with van der Waals surface area (Å²) in [6, 6.07) is 17.4. The first-order chi connectivity index (χ1) is 16.6. The summed E-state index contributed by atoms with van der Waals surface area (Å²) in [5.41, 5.74) is 2.90. The maximum Gasteiger partial charge on any atom is 0.360 e. The number of aromatic nitrogens is 2. The van der Waals surface area contributed by atoms with Crippen LogP contribution in [-0.2, 0) is 11.2 Å². The predicted molar refractivity (Wildman–Crippen MR) is 137 cm³/mol. The summed E-state index contributed by atoms with van der Waals surface area (Å²) in [6.07, 6.45) is 4.48. The van der Waals surface area contributed by atoms with E-state index in [1.807, 2.05) is 60.8 Å². The number of methoxy groups -OCH3 is 1. The number of aromatic amines is 1. The van der Waals surface area contributed by atoms with Gasteiger partial charge < -0.3 is 24.8 Å². The average molecular weight is 477 g/mol. The summed E-state index contributed by atoms with van der Waals surface area (Å²) in [6.45, 7) is 2.91. The highest BCUT2D eigenvalue weighted by Gasteiger charge is 2.28. The summed E-state index contributed by atoms with van der Waals surface area (Å²) < 4.78 is 11.3. The number of para-hydroxylation sites is 1. The lowest BCUT2D eigenvalue weighted by molar-refractivity contribution is 0.0595. The van der Waals surface area contributed by atoms with Crippen LogP contribution in [0.1, 0.15) is 47.7 Å². The molecule has 0 saturated heterocycles. The molecule has 34 heavy (non-hydrogen) atoms. The number of oxazole rings is 1. The van der Waals surface area contributed by atoms with E-state index in [0.29, 0.717) is 23.2 Å². The van der Waals surface area contributed by atoms with Crippen LogP contribution in [0.5, 0.6) is 0 Å². The maximum atomic E-state index is 12.6. The smallest absolute Gasteiger partial charge is 0.360 e. The summed E-state index contributed by atoms with van der Waals surface area (Å²) in [5, 5.41) is 8.00. The van der Waals surface area contributed by atoms with Crippen molar-refractivity contribution in [2.45, 2.75) is 32.2 Å². The molecule has 0 amide bonds. The number of ether oxygens (including phenoxy) is 1. The molecule has 0 unspecified atom stereocenters. The number of hydrogen-bond acceptors (Lipinski definition) is 5. The lowest BCUT2D eigenvalue weighted by Crippen LogP contribution is -2.39. The molecule has 0 aliphatic heterocycles. The molecule has 0 radical (unpaired) electrons. The first-order valence-corrected chi connectivity index (χ1v) is 11.7. The third-order valence-electron chi connectivity index (χ3n) is 5.56. The van der Waals surface area contributed by atoms with Crippen molar-refractivity contribution in [1.29, 1.82) is 0 Å². The maximum absolute atomic E-state index is 12.6. The molecule has 2 aromatic carbocycles. The number of carbonyl (C=O) groups excluding carboxylic acids is 1. The summed E-state index contributed by atoms with van der Waals surface area (Å²) >= 11 is 5.53. The third kappa shape index (κ3) is 5.28. The van der Waals surface area contributed by atoms with Gasteiger partial charge in [0.1, 0.15) is 6.04 Å². The van der Waals surface area contributed by atoms with Gasteiger partial charge in [-0.15, -0.1) is 0 Å². The monoisotopic (exact) mass is 476 g/mol. The molecule has 0 saturated carbocycles. The number of H-pyrrole nitrogens is 1. The van der Waals surface area contributed by atoms with Crippen LogP contribution in [0.4, 0.5) is 0 Å². The number of nitrogens with zero attached hydrogens (tertiary/aromatic N) is 1. The van der Waals surface area contributed by atoms with E-state index in [1.54, 1.807) is 0 Å². The zero-order valence-corrected chi connectivity index (χ0v) is 20.1. The summed E-state index contributed by atoms with van der Waals surface area (Å²) in [5.74, 6) is 0.172. The van der Waals surface area contributed by atoms with E-state index in [9.17, 15) is 4.79 Å². The molecule has 3 N–H and O–H groups in total. The van der Waals surface area contributed by atoms with Gasteiger partial charge in [0.05, 0.1) is 7.11 Å². The Balaban J connectivity index is 1.72. The molecule has 4 rings (SSSR count). The molecule has 0 bridgehead atoms. The quantitative estimate of drug-likeness (QED) is 0.175. The predicted octanol–water partition coefficient (Wildman–Crippen LogP) is 5.16. The highest BCUT2D eigenvalue weighted by molar-refractivity contribution is 7.80. The van der Waals surface area contributed by atoms with Crippen LogP contribution in [0.25, 0.3) is 22.2 Å². The van der Waals surface area contributed by atoms with E-state index in [2.05, 4.69) is 27.5 Å². The second kappa shape index (κ2) is 11.0. The van der Waals surface area contributed by atoms with Crippen molar-refractivity contribution >= 4 is 34.2 Å². The first-order valence-electron chi connectivity index (χ1n) is 11.3. The van der Waals surface area contributed by atoms with Crippen LogP contribution in [-0.4, -0.2) is 34.7 Å². The van der Waals surface area contributed by atoms with Crippen LogP contribution < -0.4 is 10.6 Å². The molecule has 0 spiro atoms. The van der Waals surface area contributed by atoms with Crippen molar-refractivity contribution in [2.24, 2.45) is 0 Å². The van der Waals surface area contributed by atoms with Gasteiger partial charge in [0.25, 0.3) is 0 Å². The number of carbonyl (C=O) groups is 1. The van der Waals surface area contributed by atoms with Gasteiger partial charge in [-0.2, -0.15) is 0 Å². The molecule has 8 heteroatoms. The Kier molecular flexibility index (Phi) is 7.59. The first kappa shape index (κ1) is 23.5. The third-order valence-corrected chi connectivity index (χ3v) is 5.82. The van der Waals surface area contributed by atoms with Crippen molar-refractivity contribution in [3.63, 3.8) is 0 Å². The molecular weight excluding hydrogens is 448 g/mol. The van der Waals surface area contributed by atoms with Gasteiger partial charge in [0.2, 0.25) is 5.89 Å². The molecule has 2 heterocycles. The van der Waals surface area contributed by atoms with E-state index in [0.717, 1.165) is 41.4 Å². The molecule has 0 fully saturated rings. The van der Waals surface area contributed by atoms with Crippen LogP contribution in [0.3, 0.4) is 0 Å². The van der Waals surface area contributed by atoms with E-state index in [1.165, 1.54) is 7.11 Å². The number of thiocarbonyl (C=S) groups is 1. The van der Waals surface area contributed by atoms with Gasteiger partial charge >= 0.3 is 5.97 Å². The fourth-order valence-corrected chi connectivity index (χ4v) is 4.04. The topological polar surface area (TPSA) is 92.2 Å². The fourth-order valence-electron chi connectivity index (χ4n) is 3.80. The van der Waals surface area contributed by atoms with Crippen LogP contribution >= 0.6 is 12.2 Å². The number of nitrogens with one attached hydrogen (secondary N) is 3. The molecule has 0 aliphatic rings. The minimum atomic E-state index is -0.558. The van der Waals surface area contributed by atoms with Gasteiger partial charge in [0, 0.05) is 35.6 Å². The van der Waals surface area contributed by atoms with Crippen LogP contribution in [0.2, 0.25) is 0 Å². The van der Waals surface area contributed by atoms with Crippen molar-refractivity contribution in [3.05, 3.63) is 77.9 Å². The van der Waals surface area contributed by atoms with Gasteiger partial charge in [-0.05, 0) is 30.3 Å². The van der Waals surface area contributed by atoms with Crippen LogP contribution in [0, 0.1) is 0 Å². The zero-order chi connectivity index (χ0) is 23.9. The number of hydrogen-bond donors (Lipinski definition) is 3. The Morgan fingerprint density at radius 1 is 1.18 bits per heavy atom. The normalized spacial score (nSPS) is 11.8. The summed E-state index contributed by atoms with van der Waals surface area (Å²) in [4.78, 5) is 20.5. The molecule has 1 atom stereocenters. The highest BCUT2D eigenvalue weighted by atomic mass is 32.1. The Morgan fingerprint density at radius 3 is 2.71 bits per heavy atom.